The fraction of sp³-hybridized carbons (Fsp3) is 0.724. The van der Waals surface area contributed by atoms with Gasteiger partial charge < -0.3 is 20.1 Å². The number of urea groups is 1. The predicted octanol–water partition coefficient (Wildman–Crippen LogP) is 5.85. The van der Waals surface area contributed by atoms with E-state index in [1.165, 1.54) is 70.6 Å². The van der Waals surface area contributed by atoms with Crippen molar-refractivity contribution >= 4 is 12.0 Å². The maximum absolute atomic E-state index is 12.9. The molecule has 0 spiro atoms. The number of benzene rings is 1. The quantitative estimate of drug-likeness (QED) is 0.433. The molecule has 6 heteroatoms. The number of nitrogens with one attached hydrogen (secondary N) is 2. The van der Waals surface area contributed by atoms with Gasteiger partial charge in [-0.25, -0.2) is 9.59 Å². The Morgan fingerprint density at radius 2 is 1.60 bits per heavy atom. The maximum Gasteiger partial charge on any atom is 0.338 e. The number of ether oxygens (including phenoxy) is 2. The molecule has 1 unspecified atom stereocenters. The first-order chi connectivity index (χ1) is 17.0. The van der Waals surface area contributed by atoms with E-state index in [-0.39, 0.29) is 23.6 Å². The van der Waals surface area contributed by atoms with E-state index in [2.05, 4.69) is 10.6 Å². The van der Waals surface area contributed by atoms with Gasteiger partial charge >= 0.3 is 12.0 Å². The fourth-order valence-corrected chi connectivity index (χ4v) is 7.83. The normalized spacial score (nSPS) is 30.5. The second kappa shape index (κ2) is 10.8. The van der Waals surface area contributed by atoms with Gasteiger partial charge in [0, 0.05) is 18.5 Å². The van der Waals surface area contributed by atoms with E-state index in [9.17, 15) is 9.59 Å². The van der Waals surface area contributed by atoms with Crippen molar-refractivity contribution in [1.82, 2.24) is 10.6 Å². The largest absolute Gasteiger partial charge is 0.490 e. The molecule has 0 saturated heterocycles. The lowest BCUT2D eigenvalue weighted by Crippen LogP contribution is -2.61. The highest BCUT2D eigenvalue weighted by atomic mass is 16.5. The van der Waals surface area contributed by atoms with E-state index in [0.717, 1.165) is 29.9 Å². The Bertz CT molecular complexity index is 842. The highest BCUT2D eigenvalue weighted by molar-refractivity contribution is 5.89. The van der Waals surface area contributed by atoms with Gasteiger partial charge in [0.05, 0.1) is 12.2 Å². The van der Waals surface area contributed by atoms with Gasteiger partial charge in [-0.3, -0.25) is 0 Å². The minimum absolute atomic E-state index is 0.00636. The van der Waals surface area contributed by atoms with Gasteiger partial charge in [-0.05, 0) is 106 Å². The zero-order valence-electron chi connectivity index (χ0n) is 21.2. The minimum Gasteiger partial charge on any atom is -0.490 e. The average Bonchev–Trinajstić information content (AvgIpc) is 2.83. The summed E-state index contributed by atoms with van der Waals surface area (Å²) in [5.74, 6) is 3.42. The van der Waals surface area contributed by atoms with Crippen LogP contribution in [-0.4, -0.2) is 36.8 Å². The third-order valence-electron chi connectivity index (χ3n) is 8.96. The minimum atomic E-state index is -0.308. The lowest BCUT2D eigenvalue weighted by atomic mass is 9.53. The van der Waals surface area contributed by atoms with Crippen molar-refractivity contribution < 1.29 is 19.1 Å². The van der Waals surface area contributed by atoms with Crippen molar-refractivity contribution in [2.45, 2.75) is 95.6 Å². The molecule has 0 aliphatic heterocycles. The first-order valence-electron chi connectivity index (χ1n) is 14.0. The zero-order chi connectivity index (χ0) is 24.3. The summed E-state index contributed by atoms with van der Waals surface area (Å²) in [5.41, 5.74) is 0.579. The topological polar surface area (TPSA) is 76.7 Å². The Balaban J connectivity index is 1.15. The number of esters is 1. The van der Waals surface area contributed by atoms with Crippen LogP contribution >= 0.6 is 0 Å². The van der Waals surface area contributed by atoms with E-state index in [1.54, 1.807) is 12.1 Å². The van der Waals surface area contributed by atoms with Crippen LogP contribution in [0.15, 0.2) is 24.3 Å². The van der Waals surface area contributed by atoms with Gasteiger partial charge in [-0.15, -0.1) is 0 Å². The molecule has 35 heavy (non-hydrogen) atoms. The molecular formula is C29H42N2O4. The Morgan fingerprint density at radius 1 is 0.971 bits per heavy atom. The lowest BCUT2D eigenvalue weighted by molar-refractivity contribution is -0.0135. The van der Waals surface area contributed by atoms with Gasteiger partial charge in [0.25, 0.3) is 0 Å². The molecule has 1 atom stereocenters. The van der Waals surface area contributed by atoms with E-state index in [4.69, 9.17) is 9.47 Å². The molecule has 5 aliphatic carbocycles. The van der Waals surface area contributed by atoms with E-state index < -0.39 is 0 Å². The Labute approximate surface area is 209 Å². The molecule has 6 rings (SSSR count). The SMILES string of the molecule is CCOC(=O)c1ccc(OC(CCNC(=O)NC23CC4CC(CC(C4)C2)C3)C2CCCCC2)cc1. The predicted molar refractivity (Wildman–Crippen MR) is 135 cm³/mol. The van der Waals surface area contributed by atoms with Crippen LogP contribution in [0.5, 0.6) is 5.75 Å². The fourth-order valence-electron chi connectivity index (χ4n) is 7.83. The average molecular weight is 483 g/mol. The van der Waals surface area contributed by atoms with Crippen LogP contribution in [0, 0.1) is 23.7 Å². The van der Waals surface area contributed by atoms with Crippen molar-refractivity contribution in [2.75, 3.05) is 13.2 Å². The van der Waals surface area contributed by atoms with Crippen LogP contribution in [0.3, 0.4) is 0 Å². The molecule has 1 aromatic carbocycles. The molecule has 5 fully saturated rings. The smallest absolute Gasteiger partial charge is 0.338 e. The van der Waals surface area contributed by atoms with Crippen molar-refractivity contribution in [3.63, 3.8) is 0 Å². The number of hydrogen-bond donors (Lipinski definition) is 2. The molecule has 4 bridgehead atoms. The van der Waals surface area contributed by atoms with E-state index >= 15 is 0 Å². The van der Waals surface area contributed by atoms with Crippen LogP contribution in [-0.2, 0) is 4.74 Å². The van der Waals surface area contributed by atoms with Crippen LogP contribution in [0.1, 0.15) is 94.3 Å². The Morgan fingerprint density at radius 3 is 2.20 bits per heavy atom. The van der Waals surface area contributed by atoms with Crippen molar-refractivity contribution in [3.05, 3.63) is 29.8 Å². The highest BCUT2D eigenvalue weighted by Crippen LogP contribution is 2.55. The van der Waals surface area contributed by atoms with E-state index in [1.807, 2.05) is 19.1 Å². The van der Waals surface area contributed by atoms with Crippen LogP contribution in [0.2, 0.25) is 0 Å². The summed E-state index contributed by atoms with van der Waals surface area (Å²) in [6, 6.07) is 7.24. The summed E-state index contributed by atoms with van der Waals surface area (Å²) in [7, 11) is 0. The monoisotopic (exact) mass is 482 g/mol. The molecule has 5 saturated carbocycles. The van der Waals surface area contributed by atoms with Crippen LogP contribution < -0.4 is 15.4 Å². The lowest BCUT2D eigenvalue weighted by Gasteiger charge is -2.56. The Kier molecular flexibility index (Phi) is 7.54. The second-order valence-electron chi connectivity index (χ2n) is 11.7. The van der Waals surface area contributed by atoms with E-state index in [0.29, 0.717) is 24.6 Å². The van der Waals surface area contributed by atoms with Crippen molar-refractivity contribution in [3.8, 4) is 5.75 Å². The number of rotatable bonds is 9. The van der Waals surface area contributed by atoms with Crippen molar-refractivity contribution in [2.24, 2.45) is 23.7 Å². The van der Waals surface area contributed by atoms with Gasteiger partial charge in [0.15, 0.2) is 0 Å². The molecule has 6 nitrogen and oxygen atoms in total. The van der Waals surface area contributed by atoms with Crippen LogP contribution in [0.25, 0.3) is 0 Å². The summed E-state index contributed by atoms with van der Waals surface area (Å²) in [6.45, 7) is 2.78. The molecule has 0 radical (unpaired) electrons. The molecule has 5 aliphatic rings. The standard InChI is InChI=1S/C29H42N2O4/c1-2-34-27(32)24-8-10-25(11-9-24)35-26(23-6-4-3-5-7-23)12-13-30-28(33)31-29-17-20-14-21(18-29)16-22(15-20)19-29/h8-11,20-23,26H,2-7,12-19H2,1H3,(H2,30,31,33). The third-order valence-corrected chi connectivity index (χ3v) is 8.96. The van der Waals surface area contributed by atoms with Gasteiger partial charge in [0.1, 0.15) is 11.9 Å². The number of amides is 2. The molecule has 192 valence electrons. The summed E-state index contributed by atoms with van der Waals surface area (Å²) in [6.07, 6.45) is 14.6. The molecule has 2 N–H and O–H groups in total. The van der Waals surface area contributed by atoms with Gasteiger partial charge in [-0.1, -0.05) is 19.3 Å². The maximum atomic E-state index is 12.9. The molecule has 0 heterocycles. The summed E-state index contributed by atoms with van der Waals surface area (Å²) in [5, 5.41) is 6.58. The summed E-state index contributed by atoms with van der Waals surface area (Å²) >= 11 is 0. The van der Waals surface area contributed by atoms with Crippen LogP contribution in [0.4, 0.5) is 4.79 Å². The molecule has 1 aromatic rings. The third kappa shape index (κ3) is 5.95. The highest BCUT2D eigenvalue weighted by Gasteiger charge is 2.51. The van der Waals surface area contributed by atoms with Gasteiger partial charge in [-0.2, -0.15) is 0 Å². The molecule has 2 amide bonds. The first kappa shape index (κ1) is 24.5. The zero-order valence-corrected chi connectivity index (χ0v) is 21.2. The first-order valence-corrected chi connectivity index (χ1v) is 14.0. The molecule has 0 aromatic heterocycles. The Hall–Kier alpha value is -2.24. The summed E-state index contributed by atoms with van der Waals surface area (Å²) in [4.78, 5) is 24.8. The second-order valence-corrected chi connectivity index (χ2v) is 11.7. The summed E-state index contributed by atoms with van der Waals surface area (Å²) < 4.78 is 11.5. The van der Waals surface area contributed by atoms with Gasteiger partial charge in [0.2, 0.25) is 0 Å². The number of hydrogen-bond acceptors (Lipinski definition) is 4. The van der Waals surface area contributed by atoms with Crippen molar-refractivity contribution in [1.29, 1.82) is 0 Å². The molecular weight excluding hydrogens is 440 g/mol. The number of carbonyl (C=O) groups is 2. The number of carbonyl (C=O) groups excluding carboxylic acids is 2.